The van der Waals surface area contributed by atoms with Crippen LogP contribution in [-0.4, -0.2) is 9.52 Å². The molecule has 5 heteroatoms. The Kier molecular flexibility index (Phi) is 17.1. The Labute approximate surface area is 178 Å². The van der Waals surface area contributed by atoms with Crippen LogP contribution in [0, 0.1) is 13.8 Å². The number of halogens is 3. The molecule has 0 aliphatic heterocycles. The summed E-state index contributed by atoms with van der Waals surface area (Å²) in [6, 6.07) is 4.70. The summed E-state index contributed by atoms with van der Waals surface area (Å²) >= 11 is 0. The van der Waals surface area contributed by atoms with E-state index in [4.69, 9.17) is 0 Å². The topological polar surface area (TPSA) is 0 Å². The monoisotopic (exact) mass is 424 g/mol. The van der Waals surface area contributed by atoms with E-state index in [0.717, 1.165) is 0 Å². The number of allylic oxidation sites excluding steroid dienone is 4. The predicted molar refractivity (Wildman–Crippen MR) is 89.4 cm³/mol. The zero-order chi connectivity index (χ0) is 13.7. The van der Waals surface area contributed by atoms with Crippen LogP contribution in [0.2, 0.25) is 5.04 Å². The Morgan fingerprint density at radius 2 is 1.83 bits per heavy atom. The first-order chi connectivity index (χ1) is 9.17. The van der Waals surface area contributed by atoms with E-state index in [0.29, 0.717) is 5.04 Å². The quantitative estimate of drug-likeness (QED) is 0.244. The Balaban J connectivity index is -0.000001000. The van der Waals surface area contributed by atoms with Crippen molar-refractivity contribution in [3.8, 4) is 0 Å². The van der Waals surface area contributed by atoms with Gasteiger partial charge in [0.1, 0.15) is 0 Å². The van der Waals surface area contributed by atoms with Crippen molar-refractivity contribution in [3.05, 3.63) is 47.6 Å². The first kappa shape index (κ1) is 28.4. The van der Waals surface area contributed by atoms with E-state index in [9.17, 15) is 0 Å². The summed E-state index contributed by atoms with van der Waals surface area (Å²) in [7, 11) is -0.238. The molecule has 0 fully saturated rings. The average Bonchev–Trinajstić information content (AvgIpc) is 2.72. The molecule has 0 spiro atoms. The van der Waals surface area contributed by atoms with Gasteiger partial charge in [0.05, 0.1) is 0 Å². The molecule has 1 aliphatic carbocycles. The second-order valence-corrected chi connectivity index (χ2v) is 8.68. The van der Waals surface area contributed by atoms with Gasteiger partial charge in [0.25, 0.3) is 0 Å². The second-order valence-electron chi connectivity index (χ2n) is 6.15. The van der Waals surface area contributed by atoms with E-state index in [2.05, 4.69) is 57.2 Å². The fourth-order valence-corrected chi connectivity index (χ4v) is 5.67. The summed E-state index contributed by atoms with van der Waals surface area (Å²) in [6.45, 7) is 6.85. The number of aryl methyl sites for hydroxylation is 1. The van der Waals surface area contributed by atoms with Gasteiger partial charge in [-0.1, -0.05) is 64.3 Å². The molecule has 0 bridgehead atoms. The first-order valence-electron chi connectivity index (χ1n) is 7.73. The van der Waals surface area contributed by atoms with Crippen LogP contribution in [0.4, 0.5) is 0 Å². The van der Waals surface area contributed by atoms with Crippen LogP contribution in [0.15, 0.2) is 36.4 Å². The van der Waals surface area contributed by atoms with Crippen molar-refractivity contribution < 1.29 is 58.9 Å². The molecule has 1 aliphatic rings. The third kappa shape index (κ3) is 8.03. The van der Waals surface area contributed by atoms with Crippen molar-refractivity contribution in [2.45, 2.75) is 57.9 Å². The molecule has 128 valence electrons. The molecule has 0 aromatic heterocycles. The maximum atomic E-state index is 2.52. The summed E-state index contributed by atoms with van der Waals surface area (Å²) in [4.78, 5) is 0. The molecule has 0 saturated heterocycles. The minimum absolute atomic E-state index is 0. The van der Waals surface area contributed by atoms with Crippen LogP contribution in [0.25, 0.3) is 0 Å². The van der Waals surface area contributed by atoms with Crippen molar-refractivity contribution in [3.63, 3.8) is 0 Å². The van der Waals surface area contributed by atoms with Gasteiger partial charge >= 0.3 is 21.7 Å². The van der Waals surface area contributed by atoms with Gasteiger partial charge in [-0.25, -0.2) is 6.07 Å². The molecule has 23 heavy (non-hydrogen) atoms. The van der Waals surface area contributed by atoms with Gasteiger partial charge in [-0.05, 0) is 17.9 Å². The molecular formula is C18H27Cl3SiTi. The Bertz CT molecular complexity index is 483. The van der Waals surface area contributed by atoms with Crippen molar-refractivity contribution in [1.82, 2.24) is 0 Å². The van der Waals surface area contributed by atoms with E-state index < -0.39 is 0 Å². The predicted octanol–water partition coefficient (Wildman–Crippen LogP) is -4.92. The Hall–Kier alpha value is 0.631. The standard InChI is InChI=1S/C18H27Si.3ClH.Ti/c1-4-5-7-12-18(13-8-6-9-14-18)19-17-11-10-15(2)16(17)3;;;;/h6,8-11,13H,4-5,7,12,14,19H2,1-3H3;3*1H;/q-1;;;;+4/p-3. The molecular weight excluding hydrogens is 399 g/mol. The Morgan fingerprint density at radius 3 is 2.30 bits per heavy atom. The zero-order valence-corrected chi connectivity index (χ0v) is 19.6. The van der Waals surface area contributed by atoms with Gasteiger partial charge in [-0.15, -0.1) is 0 Å². The summed E-state index contributed by atoms with van der Waals surface area (Å²) in [5, 5.41) is 2.20. The Morgan fingerprint density at radius 1 is 1.13 bits per heavy atom. The molecule has 0 saturated carbocycles. The molecule has 0 amide bonds. The number of hydrogen-bond acceptors (Lipinski definition) is 0. The number of unbranched alkanes of at least 4 members (excludes halogenated alkanes) is 2. The van der Waals surface area contributed by atoms with Crippen LogP contribution in [0.1, 0.15) is 50.2 Å². The normalized spacial score (nSPS) is 18.7. The van der Waals surface area contributed by atoms with Crippen LogP contribution >= 0.6 is 0 Å². The van der Waals surface area contributed by atoms with E-state index in [-0.39, 0.29) is 68.5 Å². The van der Waals surface area contributed by atoms with E-state index in [1.807, 2.05) is 0 Å². The molecule has 0 nitrogen and oxygen atoms in total. The number of rotatable bonds is 6. The average molecular weight is 426 g/mol. The fourth-order valence-electron chi connectivity index (χ4n) is 3.14. The zero-order valence-electron chi connectivity index (χ0n) is 14.3. The minimum atomic E-state index is -0.238. The van der Waals surface area contributed by atoms with E-state index in [1.165, 1.54) is 37.7 Å². The van der Waals surface area contributed by atoms with Crippen LogP contribution in [0.3, 0.4) is 0 Å². The van der Waals surface area contributed by atoms with Gasteiger partial charge < -0.3 is 37.2 Å². The number of hydrogen-bond donors (Lipinski definition) is 0. The molecule has 0 heterocycles. The summed E-state index contributed by atoms with van der Waals surface area (Å²) in [5.74, 6) is 0. The van der Waals surface area contributed by atoms with Gasteiger partial charge in [0, 0.05) is 9.52 Å². The molecule has 0 radical (unpaired) electrons. The molecule has 1 atom stereocenters. The molecule has 0 N–H and O–H groups in total. The van der Waals surface area contributed by atoms with Crippen LogP contribution in [-0.2, 0) is 21.7 Å². The fraction of sp³-hybridized carbons (Fsp3) is 0.500. The molecule has 1 unspecified atom stereocenters. The third-order valence-electron chi connectivity index (χ3n) is 4.65. The smallest absolute Gasteiger partial charge is 1.00 e. The maximum absolute atomic E-state index is 2.52. The first-order valence-corrected chi connectivity index (χ1v) is 9.14. The van der Waals surface area contributed by atoms with Gasteiger partial charge in [-0.3, -0.25) is 0 Å². The van der Waals surface area contributed by atoms with Crippen molar-refractivity contribution >= 4 is 14.7 Å². The van der Waals surface area contributed by atoms with Crippen molar-refractivity contribution in [1.29, 1.82) is 0 Å². The summed E-state index contributed by atoms with van der Waals surface area (Å²) < 4.78 is 0. The molecule has 2 rings (SSSR count). The largest absolute Gasteiger partial charge is 4.00 e. The summed E-state index contributed by atoms with van der Waals surface area (Å²) in [6.07, 6.45) is 16.2. The van der Waals surface area contributed by atoms with Gasteiger partial charge in [0.2, 0.25) is 0 Å². The van der Waals surface area contributed by atoms with Gasteiger partial charge in [-0.2, -0.15) is 22.4 Å². The van der Waals surface area contributed by atoms with Crippen LogP contribution < -0.4 is 42.4 Å². The second kappa shape index (κ2) is 13.9. The van der Waals surface area contributed by atoms with E-state index in [1.54, 1.807) is 10.8 Å². The molecule has 1 aromatic carbocycles. The minimum Gasteiger partial charge on any atom is -1.00 e. The van der Waals surface area contributed by atoms with E-state index >= 15 is 0 Å². The van der Waals surface area contributed by atoms with Crippen molar-refractivity contribution in [2.24, 2.45) is 0 Å². The van der Waals surface area contributed by atoms with Crippen molar-refractivity contribution in [2.75, 3.05) is 0 Å². The SMILES string of the molecule is CCCCCC1([SiH2][c-]2ccc(C)c2C)C=CC=CC1.[Cl-].[Cl-].[Cl-].[Ti+4]. The third-order valence-corrected chi connectivity index (χ3v) is 7.38. The van der Waals surface area contributed by atoms with Gasteiger partial charge in [0.15, 0.2) is 0 Å². The molecule has 1 aromatic rings. The van der Waals surface area contributed by atoms with Crippen LogP contribution in [0.5, 0.6) is 0 Å². The maximum Gasteiger partial charge on any atom is 4.00 e. The summed E-state index contributed by atoms with van der Waals surface area (Å²) in [5.41, 5.74) is 3.03.